The number of ether oxygens (including phenoxy) is 1. The summed E-state index contributed by atoms with van der Waals surface area (Å²) in [5.41, 5.74) is 8.29. The fraction of sp³-hybridized carbons (Fsp3) is 0.435. The third-order valence-corrected chi connectivity index (χ3v) is 5.24. The highest BCUT2D eigenvalue weighted by Gasteiger charge is 2.16. The van der Waals surface area contributed by atoms with Gasteiger partial charge in [-0.15, -0.1) is 0 Å². The van der Waals surface area contributed by atoms with Crippen LogP contribution in [0.5, 0.6) is 5.75 Å². The lowest BCUT2D eigenvalue weighted by Crippen LogP contribution is -2.46. The maximum atomic E-state index is 5.97. The summed E-state index contributed by atoms with van der Waals surface area (Å²) in [5, 5.41) is 3.11. The van der Waals surface area contributed by atoms with Crippen molar-refractivity contribution in [3.8, 4) is 5.75 Å². The molecule has 0 spiro atoms. The average Bonchev–Trinajstić information content (AvgIpc) is 2.76. The molecular weight excluding hydrogens is 362 g/mol. The lowest BCUT2D eigenvalue weighted by Gasteiger charge is -2.34. The number of nitrogens with zero attached hydrogens (tertiary/aromatic N) is 3. The Hall–Kier alpha value is -2.57. The summed E-state index contributed by atoms with van der Waals surface area (Å²) in [7, 11) is 1.66. The van der Waals surface area contributed by atoms with Crippen molar-refractivity contribution in [2.75, 3.05) is 51.7 Å². The largest absolute Gasteiger partial charge is 0.497 e. The van der Waals surface area contributed by atoms with Crippen LogP contribution in [0.25, 0.3) is 0 Å². The van der Waals surface area contributed by atoms with E-state index in [1.807, 2.05) is 24.3 Å². The molecule has 2 aromatic rings. The van der Waals surface area contributed by atoms with Gasteiger partial charge in [0.15, 0.2) is 5.96 Å². The van der Waals surface area contributed by atoms with Crippen molar-refractivity contribution >= 4 is 11.6 Å². The molecule has 1 aliphatic rings. The second kappa shape index (κ2) is 11.4. The number of nitrogens with one attached hydrogen (secondary N) is 1. The second-order valence-corrected chi connectivity index (χ2v) is 7.43. The lowest BCUT2D eigenvalue weighted by atomic mass is 10.2. The van der Waals surface area contributed by atoms with Gasteiger partial charge >= 0.3 is 0 Å². The van der Waals surface area contributed by atoms with E-state index >= 15 is 0 Å². The van der Waals surface area contributed by atoms with Crippen LogP contribution in [0.4, 0.5) is 5.69 Å². The van der Waals surface area contributed by atoms with Crippen LogP contribution in [0.15, 0.2) is 59.6 Å². The maximum Gasteiger partial charge on any atom is 0.193 e. The van der Waals surface area contributed by atoms with Crippen LogP contribution in [0, 0.1) is 0 Å². The lowest BCUT2D eigenvalue weighted by molar-refractivity contribution is 0.126. The first-order valence-electron chi connectivity index (χ1n) is 10.4. The molecule has 0 amide bonds. The predicted octanol–water partition coefficient (Wildman–Crippen LogP) is 3.02. The minimum Gasteiger partial charge on any atom is -0.497 e. The number of rotatable bonds is 9. The molecule has 156 valence electrons. The van der Waals surface area contributed by atoms with Crippen molar-refractivity contribution in [1.82, 2.24) is 9.80 Å². The van der Waals surface area contributed by atoms with Crippen molar-refractivity contribution in [3.63, 3.8) is 0 Å². The Bertz CT molecular complexity index is 740. The van der Waals surface area contributed by atoms with E-state index in [2.05, 4.69) is 50.4 Å². The molecule has 2 aromatic carbocycles. The summed E-state index contributed by atoms with van der Waals surface area (Å²) in [4.78, 5) is 9.53. The highest BCUT2D eigenvalue weighted by molar-refractivity contribution is 5.92. The third kappa shape index (κ3) is 7.40. The molecule has 1 fully saturated rings. The van der Waals surface area contributed by atoms with Crippen LogP contribution in [0.3, 0.4) is 0 Å². The number of nitrogens with two attached hydrogens (primary N) is 1. The summed E-state index contributed by atoms with van der Waals surface area (Å²) in [6.45, 7) is 7.54. The van der Waals surface area contributed by atoms with Crippen molar-refractivity contribution in [3.05, 3.63) is 60.2 Å². The molecule has 0 unspecified atom stereocenters. The fourth-order valence-electron chi connectivity index (χ4n) is 3.52. The topological polar surface area (TPSA) is 66.1 Å². The first kappa shape index (κ1) is 21.1. The van der Waals surface area contributed by atoms with E-state index in [-0.39, 0.29) is 0 Å². The number of benzene rings is 2. The van der Waals surface area contributed by atoms with Gasteiger partial charge in [-0.05, 0) is 49.2 Å². The van der Waals surface area contributed by atoms with E-state index in [1.165, 1.54) is 5.56 Å². The van der Waals surface area contributed by atoms with Gasteiger partial charge in [0, 0.05) is 45.0 Å². The Morgan fingerprint density at radius 2 is 1.66 bits per heavy atom. The molecule has 0 bridgehead atoms. The summed E-state index contributed by atoms with van der Waals surface area (Å²) in [5.74, 6) is 1.29. The predicted molar refractivity (Wildman–Crippen MR) is 120 cm³/mol. The molecule has 3 N–H and O–H groups in total. The fourth-order valence-corrected chi connectivity index (χ4v) is 3.52. The van der Waals surface area contributed by atoms with Crippen molar-refractivity contribution in [2.45, 2.75) is 19.4 Å². The number of unbranched alkanes of at least 4 members (excludes halogenated alkanes) is 1. The van der Waals surface area contributed by atoms with Crippen LogP contribution >= 0.6 is 0 Å². The molecule has 0 aromatic heterocycles. The average molecular weight is 396 g/mol. The van der Waals surface area contributed by atoms with E-state index in [0.717, 1.165) is 70.1 Å². The second-order valence-electron chi connectivity index (χ2n) is 7.43. The molecule has 1 heterocycles. The molecule has 0 aliphatic carbocycles. The number of hydrogen-bond donors (Lipinski definition) is 2. The Morgan fingerprint density at radius 1 is 0.966 bits per heavy atom. The summed E-state index contributed by atoms with van der Waals surface area (Å²) in [6.07, 6.45) is 2.20. The Balaban J connectivity index is 1.27. The summed E-state index contributed by atoms with van der Waals surface area (Å²) in [6, 6.07) is 18.4. The van der Waals surface area contributed by atoms with E-state index in [0.29, 0.717) is 5.96 Å². The van der Waals surface area contributed by atoms with Gasteiger partial charge in [0.25, 0.3) is 0 Å². The number of aliphatic imine (C=N–C) groups is 1. The zero-order chi connectivity index (χ0) is 20.3. The molecule has 3 rings (SSSR count). The minimum absolute atomic E-state index is 0.463. The van der Waals surface area contributed by atoms with E-state index in [9.17, 15) is 0 Å². The van der Waals surface area contributed by atoms with Crippen LogP contribution < -0.4 is 15.8 Å². The van der Waals surface area contributed by atoms with Crippen LogP contribution in [0.1, 0.15) is 18.4 Å². The molecule has 6 nitrogen and oxygen atoms in total. The zero-order valence-corrected chi connectivity index (χ0v) is 17.4. The van der Waals surface area contributed by atoms with Crippen molar-refractivity contribution in [1.29, 1.82) is 0 Å². The molecule has 0 radical (unpaired) electrons. The molecule has 6 heteroatoms. The number of anilines is 1. The van der Waals surface area contributed by atoms with E-state index in [1.54, 1.807) is 7.11 Å². The standard InChI is InChI=1S/C23H33N5O/c1-29-22-11-9-21(10-12-22)26-23(24)25-13-5-6-14-27-15-17-28(18-16-27)19-20-7-3-2-4-8-20/h2-4,7-12H,5-6,13-19H2,1H3,(H3,24,25,26). The quantitative estimate of drug-likeness (QED) is 0.388. The smallest absolute Gasteiger partial charge is 0.193 e. The molecule has 0 atom stereocenters. The van der Waals surface area contributed by atoms with Crippen molar-refractivity contribution < 1.29 is 4.74 Å². The highest BCUT2D eigenvalue weighted by Crippen LogP contribution is 2.14. The SMILES string of the molecule is COc1ccc(NC(N)=NCCCCN2CCN(Cc3ccccc3)CC2)cc1. The van der Waals surface area contributed by atoms with Gasteiger partial charge < -0.3 is 20.7 Å². The monoisotopic (exact) mass is 395 g/mol. The third-order valence-electron chi connectivity index (χ3n) is 5.24. The molecular formula is C23H33N5O. The van der Waals surface area contributed by atoms with Gasteiger partial charge in [0.1, 0.15) is 5.75 Å². The highest BCUT2D eigenvalue weighted by atomic mass is 16.5. The Morgan fingerprint density at radius 3 is 2.34 bits per heavy atom. The van der Waals surface area contributed by atoms with Gasteiger partial charge in [0.05, 0.1) is 7.11 Å². The Labute approximate surface area is 174 Å². The van der Waals surface area contributed by atoms with Crippen LogP contribution in [0.2, 0.25) is 0 Å². The number of piperazine rings is 1. The van der Waals surface area contributed by atoms with Gasteiger partial charge in [-0.25, -0.2) is 0 Å². The summed E-state index contributed by atoms with van der Waals surface area (Å²) < 4.78 is 5.15. The van der Waals surface area contributed by atoms with Crippen molar-refractivity contribution in [2.24, 2.45) is 10.7 Å². The first-order valence-corrected chi connectivity index (χ1v) is 10.4. The molecule has 1 saturated heterocycles. The zero-order valence-electron chi connectivity index (χ0n) is 17.4. The van der Waals surface area contributed by atoms with E-state index in [4.69, 9.17) is 10.5 Å². The molecule has 29 heavy (non-hydrogen) atoms. The van der Waals surface area contributed by atoms with Crippen LogP contribution in [-0.4, -0.2) is 62.1 Å². The van der Waals surface area contributed by atoms with E-state index < -0.39 is 0 Å². The Kier molecular flexibility index (Phi) is 8.34. The van der Waals surface area contributed by atoms with Crippen LogP contribution in [-0.2, 0) is 6.54 Å². The maximum absolute atomic E-state index is 5.97. The van der Waals surface area contributed by atoms with Gasteiger partial charge in [-0.1, -0.05) is 30.3 Å². The minimum atomic E-state index is 0.463. The van der Waals surface area contributed by atoms with Gasteiger partial charge in [0.2, 0.25) is 0 Å². The number of hydrogen-bond acceptors (Lipinski definition) is 4. The first-order chi connectivity index (χ1) is 14.2. The number of guanidine groups is 1. The molecule has 0 saturated carbocycles. The molecule has 1 aliphatic heterocycles. The van der Waals surface area contributed by atoms with Gasteiger partial charge in [-0.2, -0.15) is 0 Å². The van der Waals surface area contributed by atoms with Gasteiger partial charge in [-0.3, -0.25) is 9.89 Å². The summed E-state index contributed by atoms with van der Waals surface area (Å²) >= 11 is 0. The normalized spacial score (nSPS) is 16.0. The number of methoxy groups -OCH3 is 1.